The summed E-state index contributed by atoms with van der Waals surface area (Å²) in [5.41, 5.74) is 1.69. The van der Waals surface area contributed by atoms with E-state index in [4.69, 9.17) is 11.6 Å². The van der Waals surface area contributed by atoms with E-state index in [1.165, 1.54) is 0 Å². The topological polar surface area (TPSA) is 41.1 Å². The molecule has 0 radical (unpaired) electrons. The smallest absolute Gasteiger partial charge is 0.246 e. The molecule has 21 heavy (non-hydrogen) atoms. The fraction of sp³-hybridized carbons (Fsp3) is 0.188. The van der Waals surface area contributed by atoms with Crippen LogP contribution in [0.1, 0.15) is 6.92 Å². The Hall–Kier alpha value is -1.65. The molecule has 3 nitrogen and oxygen atoms in total. The molecule has 0 aliphatic carbocycles. The van der Waals surface area contributed by atoms with E-state index in [-0.39, 0.29) is 11.9 Å². The van der Waals surface area contributed by atoms with Crippen molar-refractivity contribution in [2.24, 2.45) is 0 Å². The summed E-state index contributed by atoms with van der Waals surface area (Å²) in [6.07, 6.45) is 1.99. The Labute approximate surface area is 134 Å². The predicted molar refractivity (Wildman–Crippen MR) is 91.4 cm³/mol. The average Bonchev–Trinajstić information content (AvgIpc) is 2.50. The maximum atomic E-state index is 12.2. The Balaban J connectivity index is 2.01. The number of benzene rings is 2. The third kappa shape index (κ3) is 4.41. The number of nitrogens with one attached hydrogen (secondary N) is 2. The van der Waals surface area contributed by atoms with Gasteiger partial charge >= 0.3 is 0 Å². The number of hydrogen-bond donors (Lipinski definition) is 2. The van der Waals surface area contributed by atoms with Gasteiger partial charge in [0.15, 0.2) is 0 Å². The first-order valence-corrected chi connectivity index (χ1v) is 8.16. The average molecular weight is 321 g/mol. The molecule has 0 heterocycles. The molecular formula is C16H17ClN2OS. The number of carbonyl (C=O) groups is 1. The zero-order valence-corrected chi connectivity index (χ0v) is 13.5. The minimum atomic E-state index is -0.346. The van der Waals surface area contributed by atoms with Crippen molar-refractivity contribution >= 4 is 40.6 Å². The van der Waals surface area contributed by atoms with Gasteiger partial charge in [0.05, 0.1) is 5.69 Å². The Morgan fingerprint density at radius 1 is 1.14 bits per heavy atom. The number of carbonyl (C=O) groups excluding carboxylic acids is 1. The number of para-hydroxylation sites is 1. The maximum absolute atomic E-state index is 12.2. The molecule has 0 saturated heterocycles. The summed E-state index contributed by atoms with van der Waals surface area (Å²) < 4.78 is 0. The van der Waals surface area contributed by atoms with Crippen molar-refractivity contribution in [3.8, 4) is 0 Å². The Morgan fingerprint density at radius 2 is 1.81 bits per heavy atom. The van der Waals surface area contributed by atoms with Crippen molar-refractivity contribution in [3.05, 3.63) is 53.6 Å². The van der Waals surface area contributed by atoms with Crippen LogP contribution in [0.15, 0.2) is 53.4 Å². The van der Waals surface area contributed by atoms with Crippen LogP contribution < -0.4 is 10.6 Å². The number of rotatable bonds is 5. The molecule has 0 bridgehead atoms. The maximum Gasteiger partial charge on any atom is 0.246 e. The van der Waals surface area contributed by atoms with Crippen LogP contribution in [0.5, 0.6) is 0 Å². The van der Waals surface area contributed by atoms with Crippen LogP contribution >= 0.6 is 23.4 Å². The minimum Gasteiger partial charge on any atom is -0.374 e. The Morgan fingerprint density at radius 3 is 2.48 bits per heavy atom. The van der Waals surface area contributed by atoms with Crippen molar-refractivity contribution < 1.29 is 4.79 Å². The van der Waals surface area contributed by atoms with Gasteiger partial charge in [-0.15, -0.1) is 11.8 Å². The van der Waals surface area contributed by atoms with E-state index in [1.807, 2.05) is 49.6 Å². The van der Waals surface area contributed by atoms with Gasteiger partial charge in [-0.1, -0.05) is 23.7 Å². The molecular weight excluding hydrogens is 304 g/mol. The van der Waals surface area contributed by atoms with Crippen LogP contribution in [0.2, 0.25) is 5.02 Å². The van der Waals surface area contributed by atoms with Crippen LogP contribution in [0.3, 0.4) is 0 Å². The predicted octanol–water partition coefficient (Wildman–Crippen LogP) is 4.50. The Kier molecular flexibility index (Phi) is 5.53. The molecule has 0 saturated carbocycles. The summed E-state index contributed by atoms with van der Waals surface area (Å²) >= 11 is 7.45. The van der Waals surface area contributed by atoms with Gasteiger partial charge < -0.3 is 10.6 Å². The first kappa shape index (κ1) is 15.7. The molecule has 0 aliphatic heterocycles. The molecule has 2 aromatic carbocycles. The van der Waals surface area contributed by atoms with Crippen molar-refractivity contribution in [2.45, 2.75) is 17.9 Å². The standard InChI is InChI=1S/C16H17ClN2OS/c1-11(18-13-9-7-12(17)8-10-13)16(20)19-14-5-3-4-6-15(14)21-2/h3-11,18H,1-2H3,(H,19,20)/t11-/m1/s1. The molecule has 0 aliphatic rings. The molecule has 2 aromatic rings. The second kappa shape index (κ2) is 7.38. The number of anilines is 2. The van der Waals surface area contributed by atoms with Gasteiger partial charge in [0.2, 0.25) is 5.91 Å². The van der Waals surface area contributed by atoms with E-state index in [9.17, 15) is 4.79 Å². The third-order valence-corrected chi connectivity index (χ3v) is 4.03. The normalized spacial score (nSPS) is 11.8. The van der Waals surface area contributed by atoms with Gasteiger partial charge in [0.1, 0.15) is 6.04 Å². The van der Waals surface area contributed by atoms with Gasteiger partial charge in [0, 0.05) is 15.6 Å². The van der Waals surface area contributed by atoms with E-state index in [0.29, 0.717) is 5.02 Å². The molecule has 110 valence electrons. The summed E-state index contributed by atoms with van der Waals surface area (Å²) in [5.74, 6) is -0.0774. The van der Waals surface area contributed by atoms with Crippen LogP contribution in [0, 0.1) is 0 Å². The van der Waals surface area contributed by atoms with E-state index in [1.54, 1.807) is 23.9 Å². The summed E-state index contributed by atoms with van der Waals surface area (Å²) in [7, 11) is 0. The van der Waals surface area contributed by atoms with E-state index in [0.717, 1.165) is 16.3 Å². The fourth-order valence-corrected chi connectivity index (χ4v) is 2.53. The summed E-state index contributed by atoms with van der Waals surface area (Å²) in [4.78, 5) is 13.3. The monoisotopic (exact) mass is 320 g/mol. The van der Waals surface area contributed by atoms with Gasteiger partial charge in [0.25, 0.3) is 0 Å². The summed E-state index contributed by atoms with van der Waals surface area (Å²) in [6.45, 7) is 1.83. The molecule has 1 atom stereocenters. The second-order valence-corrected chi connectivity index (χ2v) is 5.85. The zero-order valence-electron chi connectivity index (χ0n) is 11.9. The summed E-state index contributed by atoms with van der Waals surface area (Å²) in [5, 5.41) is 6.77. The van der Waals surface area contributed by atoms with Crippen LogP contribution in [0.25, 0.3) is 0 Å². The highest BCUT2D eigenvalue weighted by atomic mass is 35.5. The molecule has 2 rings (SSSR count). The first-order chi connectivity index (χ1) is 10.1. The quantitative estimate of drug-likeness (QED) is 0.797. The number of thioether (sulfide) groups is 1. The highest BCUT2D eigenvalue weighted by molar-refractivity contribution is 7.98. The van der Waals surface area contributed by atoms with Crippen molar-refractivity contribution in [3.63, 3.8) is 0 Å². The molecule has 0 fully saturated rings. The lowest BCUT2D eigenvalue weighted by Crippen LogP contribution is -2.32. The molecule has 0 spiro atoms. The van der Waals surface area contributed by atoms with E-state index < -0.39 is 0 Å². The fourth-order valence-electron chi connectivity index (χ4n) is 1.85. The van der Waals surface area contributed by atoms with Crippen molar-refractivity contribution in [1.82, 2.24) is 0 Å². The number of hydrogen-bond acceptors (Lipinski definition) is 3. The molecule has 1 amide bonds. The lowest BCUT2D eigenvalue weighted by Gasteiger charge is -2.16. The highest BCUT2D eigenvalue weighted by Crippen LogP contribution is 2.24. The second-order valence-electron chi connectivity index (χ2n) is 4.56. The van der Waals surface area contributed by atoms with Gasteiger partial charge in [-0.25, -0.2) is 0 Å². The van der Waals surface area contributed by atoms with Gasteiger partial charge in [-0.3, -0.25) is 4.79 Å². The van der Waals surface area contributed by atoms with Gasteiger partial charge in [-0.2, -0.15) is 0 Å². The third-order valence-electron chi connectivity index (χ3n) is 2.99. The van der Waals surface area contributed by atoms with Crippen molar-refractivity contribution in [1.29, 1.82) is 0 Å². The lowest BCUT2D eigenvalue weighted by molar-refractivity contribution is -0.116. The van der Waals surface area contributed by atoms with E-state index >= 15 is 0 Å². The van der Waals surface area contributed by atoms with Crippen LogP contribution in [0.4, 0.5) is 11.4 Å². The molecule has 2 N–H and O–H groups in total. The highest BCUT2D eigenvalue weighted by Gasteiger charge is 2.14. The molecule has 0 unspecified atom stereocenters. The largest absolute Gasteiger partial charge is 0.374 e. The van der Waals surface area contributed by atoms with Crippen molar-refractivity contribution in [2.75, 3.05) is 16.9 Å². The zero-order chi connectivity index (χ0) is 15.2. The number of amides is 1. The lowest BCUT2D eigenvalue weighted by atomic mass is 10.2. The van der Waals surface area contributed by atoms with Gasteiger partial charge in [-0.05, 0) is 49.6 Å². The van der Waals surface area contributed by atoms with Crippen LogP contribution in [-0.4, -0.2) is 18.2 Å². The minimum absolute atomic E-state index is 0.0774. The molecule has 5 heteroatoms. The molecule has 0 aromatic heterocycles. The number of halogens is 1. The summed E-state index contributed by atoms with van der Waals surface area (Å²) in [6, 6.07) is 14.7. The SMILES string of the molecule is CSc1ccccc1NC(=O)[C@@H](C)Nc1ccc(Cl)cc1. The Bertz CT molecular complexity index is 616. The first-order valence-electron chi connectivity index (χ1n) is 6.56. The van der Waals surface area contributed by atoms with E-state index in [2.05, 4.69) is 10.6 Å². The van der Waals surface area contributed by atoms with Crippen LogP contribution in [-0.2, 0) is 4.79 Å².